The van der Waals surface area contributed by atoms with Crippen molar-refractivity contribution in [3.05, 3.63) is 54.1 Å². The van der Waals surface area contributed by atoms with E-state index in [0.29, 0.717) is 5.75 Å². The lowest BCUT2D eigenvalue weighted by Crippen LogP contribution is -2.12. The highest BCUT2D eigenvalue weighted by atomic mass is 16.5. The molecule has 4 nitrogen and oxygen atoms in total. The van der Waals surface area contributed by atoms with Crippen LogP contribution in [0.2, 0.25) is 0 Å². The van der Waals surface area contributed by atoms with Crippen molar-refractivity contribution in [1.82, 2.24) is 0 Å². The van der Waals surface area contributed by atoms with Gasteiger partial charge in [0, 0.05) is 0 Å². The van der Waals surface area contributed by atoms with Gasteiger partial charge in [-0.15, -0.1) is 0 Å². The Bertz CT molecular complexity index is 490. The van der Waals surface area contributed by atoms with E-state index >= 15 is 0 Å². The highest BCUT2D eigenvalue weighted by molar-refractivity contribution is 5.45. The van der Waals surface area contributed by atoms with Crippen LogP contribution in [0.3, 0.4) is 0 Å². The molecule has 3 N–H and O–H groups in total. The molecule has 0 aliphatic rings. The fraction of sp³-hybridized carbons (Fsp3) is 0.143. The number of benzene rings is 2. The molecular formula is C14H14O4. The van der Waals surface area contributed by atoms with Gasteiger partial charge in [0.1, 0.15) is 17.2 Å². The summed E-state index contributed by atoms with van der Waals surface area (Å²) < 4.78 is 5.54. The zero-order valence-electron chi connectivity index (χ0n) is 9.65. The van der Waals surface area contributed by atoms with Gasteiger partial charge >= 0.3 is 0 Å². The van der Waals surface area contributed by atoms with E-state index in [1.807, 2.05) is 6.07 Å². The summed E-state index contributed by atoms with van der Waals surface area (Å²) in [6, 6.07) is 13.3. The van der Waals surface area contributed by atoms with E-state index in [1.54, 1.807) is 24.3 Å². The molecule has 0 aliphatic carbocycles. The monoisotopic (exact) mass is 246 g/mol. The van der Waals surface area contributed by atoms with E-state index in [4.69, 9.17) is 4.74 Å². The third-order valence-corrected chi connectivity index (χ3v) is 2.57. The molecule has 18 heavy (non-hydrogen) atoms. The Kier molecular flexibility index (Phi) is 3.69. The van der Waals surface area contributed by atoms with Gasteiger partial charge in [-0.05, 0) is 24.3 Å². The fourth-order valence-electron chi connectivity index (χ4n) is 1.72. The van der Waals surface area contributed by atoms with E-state index in [1.165, 1.54) is 18.2 Å². The zero-order valence-corrected chi connectivity index (χ0v) is 9.65. The molecule has 0 saturated carbocycles. The predicted octanol–water partition coefficient (Wildman–Crippen LogP) is 2.21. The molecule has 1 unspecified atom stereocenters. The van der Waals surface area contributed by atoms with Crippen LogP contribution in [0.1, 0.15) is 11.7 Å². The maximum atomic E-state index is 9.72. The first kappa shape index (κ1) is 12.3. The lowest BCUT2D eigenvalue weighted by Gasteiger charge is -2.19. The number of para-hydroxylation sites is 1. The van der Waals surface area contributed by atoms with E-state index < -0.39 is 6.10 Å². The third-order valence-electron chi connectivity index (χ3n) is 2.57. The molecular weight excluding hydrogens is 232 g/mol. The van der Waals surface area contributed by atoms with Crippen LogP contribution in [0.15, 0.2) is 48.5 Å². The van der Waals surface area contributed by atoms with Crippen molar-refractivity contribution in [2.24, 2.45) is 0 Å². The first-order chi connectivity index (χ1) is 8.72. The van der Waals surface area contributed by atoms with Crippen molar-refractivity contribution in [2.45, 2.75) is 6.10 Å². The standard InChI is InChI=1S/C14H14O4/c15-9-13(18-10-5-2-1-3-6-10)14-11(16)7-4-8-12(14)17/h1-8,13,15-17H,9H2. The van der Waals surface area contributed by atoms with Crippen LogP contribution in [-0.2, 0) is 0 Å². The second kappa shape index (κ2) is 5.42. The fourth-order valence-corrected chi connectivity index (χ4v) is 1.72. The number of aliphatic hydroxyl groups excluding tert-OH is 1. The van der Waals surface area contributed by atoms with Crippen LogP contribution in [-0.4, -0.2) is 21.9 Å². The van der Waals surface area contributed by atoms with Crippen molar-refractivity contribution in [3.8, 4) is 17.2 Å². The third kappa shape index (κ3) is 2.55. The number of phenols is 2. The number of phenolic OH excluding ortho intramolecular Hbond substituents is 2. The quantitative estimate of drug-likeness (QED) is 0.773. The summed E-state index contributed by atoms with van der Waals surface area (Å²) in [4.78, 5) is 0. The Balaban J connectivity index is 2.29. The van der Waals surface area contributed by atoms with Crippen molar-refractivity contribution in [1.29, 1.82) is 0 Å². The molecule has 0 radical (unpaired) electrons. The maximum absolute atomic E-state index is 9.72. The number of hydrogen-bond acceptors (Lipinski definition) is 4. The summed E-state index contributed by atoms with van der Waals surface area (Å²) >= 11 is 0. The summed E-state index contributed by atoms with van der Waals surface area (Å²) in [6.07, 6.45) is -0.811. The van der Waals surface area contributed by atoms with Gasteiger partial charge in [-0.2, -0.15) is 0 Å². The van der Waals surface area contributed by atoms with Crippen molar-refractivity contribution >= 4 is 0 Å². The normalized spacial score (nSPS) is 12.1. The second-order valence-electron chi connectivity index (χ2n) is 3.81. The Morgan fingerprint density at radius 1 is 0.889 bits per heavy atom. The van der Waals surface area contributed by atoms with Crippen LogP contribution < -0.4 is 4.74 Å². The molecule has 0 bridgehead atoms. The van der Waals surface area contributed by atoms with Crippen LogP contribution in [0.4, 0.5) is 0 Å². The lowest BCUT2D eigenvalue weighted by atomic mass is 10.1. The Morgan fingerprint density at radius 3 is 2.06 bits per heavy atom. The second-order valence-corrected chi connectivity index (χ2v) is 3.81. The van der Waals surface area contributed by atoms with Crippen molar-refractivity contribution in [2.75, 3.05) is 6.61 Å². The van der Waals surface area contributed by atoms with Crippen LogP contribution in [0, 0.1) is 0 Å². The van der Waals surface area contributed by atoms with Crippen LogP contribution in [0.25, 0.3) is 0 Å². The lowest BCUT2D eigenvalue weighted by molar-refractivity contribution is 0.112. The Morgan fingerprint density at radius 2 is 1.50 bits per heavy atom. The van der Waals surface area contributed by atoms with Crippen molar-refractivity contribution in [3.63, 3.8) is 0 Å². The summed E-state index contributed by atoms with van der Waals surface area (Å²) in [5, 5.41) is 28.8. The van der Waals surface area contributed by atoms with Gasteiger partial charge in [0.2, 0.25) is 0 Å². The Hall–Kier alpha value is -2.20. The average Bonchev–Trinajstić information content (AvgIpc) is 2.38. The number of hydrogen-bond donors (Lipinski definition) is 3. The molecule has 0 saturated heterocycles. The highest BCUT2D eigenvalue weighted by Crippen LogP contribution is 2.34. The molecule has 94 valence electrons. The number of rotatable bonds is 4. The average molecular weight is 246 g/mol. The summed E-state index contributed by atoms with van der Waals surface area (Å²) in [6.45, 7) is -0.347. The zero-order chi connectivity index (χ0) is 13.0. The SMILES string of the molecule is OCC(Oc1ccccc1)c1c(O)cccc1O. The summed E-state index contributed by atoms with van der Waals surface area (Å²) in [5.41, 5.74) is 0.184. The van der Waals surface area contributed by atoms with Gasteiger partial charge in [-0.1, -0.05) is 24.3 Å². The molecule has 0 aromatic heterocycles. The Labute approximate surface area is 105 Å². The molecule has 0 fully saturated rings. The van der Waals surface area contributed by atoms with Crippen molar-refractivity contribution < 1.29 is 20.1 Å². The molecule has 4 heteroatoms. The molecule has 2 aromatic rings. The maximum Gasteiger partial charge on any atom is 0.154 e. The summed E-state index contributed by atoms with van der Waals surface area (Å²) in [5.74, 6) is 0.342. The number of ether oxygens (including phenoxy) is 1. The first-order valence-electron chi connectivity index (χ1n) is 5.55. The van der Waals surface area contributed by atoms with Gasteiger partial charge in [0.25, 0.3) is 0 Å². The van der Waals surface area contributed by atoms with Gasteiger partial charge in [0.15, 0.2) is 6.10 Å². The van der Waals surface area contributed by atoms with E-state index in [9.17, 15) is 15.3 Å². The van der Waals surface area contributed by atoms with Gasteiger partial charge in [-0.3, -0.25) is 0 Å². The molecule has 0 heterocycles. The topological polar surface area (TPSA) is 69.9 Å². The molecule has 1 atom stereocenters. The van der Waals surface area contributed by atoms with Crippen LogP contribution in [0.5, 0.6) is 17.2 Å². The van der Waals surface area contributed by atoms with Gasteiger partial charge in [-0.25, -0.2) is 0 Å². The first-order valence-corrected chi connectivity index (χ1v) is 5.55. The molecule has 0 aliphatic heterocycles. The van der Waals surface area contributed by atoms with Gasteiger partial charge in [0.05, 0.1) is 12.2 Å². The predicted molar refractivity (Wildman–Crippen MR) is 66.7 cm³/mol. The van der Waals surface area contributed by atoms with Gasteiger partial charge < -0.3 is 20.1 Å². The smallest absolute Gasteiger partial charge is 0.154 e. The van der Waals surface area contributed by atoms with E-state index in [0.717, 1.165) is 0 Å². The van der Waals surface area contributed by atoms with Crippen LogP contribution >= 0.6 is 0 Å². The minimum absolute atomic E-state index is 0.106. The molecule has 0 spiro atoms. The summed E-state index contributed by atoms with van der Waals surface area (Å²) in [7, 11) is 0. The highest BCUT2D eigenvalue weighted by Gasteiger charge is 2.20. The molecule has 0 amide bonds. The molecule has 2 aromatic carbocycles. The largest absolute Gasteiger partial charge is 0.507 e. The van der Waals surface area contributed by atoms with E-state index in [-0.39, 0.29) is 23.7 Å². The number of aromatic hydroxyl groups is 2. The van der Waals surface area contributed by atoms with E-state index in [2.05, 4.69) is 0 Å². The number of aliphatic hydroxyl groups is 1. The molecule has 2 rings (SSSR count). The minimum atomic E-state index is -0.811. The minimum Gasteiger partial charge on any atom is -0.507 e.